The van der Waals surface area contributed by atoms with Crippen molar-refractivity contribution in [2.45, 2.75) is 20.0 Å². The fourth-order valence-corrected chi connectivity index (χ4v) is 2.45. The van der Waals surface area contributed by atoms with Crippen molar-refractivity contribution in [2.24, 2.45) is 0 Å². The van der Waals surface area contributed by atoms with Gasteiger partial charge in [-0.3, -0.25) is 14.3 Å². The maximum atomic E-state index is 12.1. The Kier molecular flexibility index (Phi) is 3.06. The summed E-state index contributed by atoms with van der Waals surface area (Å²) in [6.07, 6.45) is 3.57. The van der Waals surface area contributed by atoms with Gasteiger partial charge >= 0.3 is 0 Å². The number of aryl methyl sites for hydroxylation is 1. The molecule has 2 aromatic rings. The molecule has 1 amide bonds. The Balaban J connectivity index is 1.95. The second-order valence-corrected chi connectivity index (χ2v) is 5.02. The standard InChI is InChI=1S/C14H12ClN3O2/c1-2-17-7-9(6-16-17)8-18-12-4-3-10(15)5-11(12)13(19)14(18)20/h3-7H,2,8H2,1H3. The zero-order valence-electron chi connectivity index (χ0n) is 10.8. The van der Waals surface area contributed by atoms with Gasteiger partial charge in [-0.2, -0.15) is 5.10 Å². The monoisotopic (exact) mass is 289 g/mol. The van der Waals surface area contributed by atoms with Gasteiger partial charge in [0.1, 0.15) is 0 Å². The largest absolute Gasteiger partial charge is 0.300 e. The number of carbonyl (C=O) groups excluding carboxylic acids is 2. The average Bonchev–Trinajstić information content (AvgIpc) is 2.99. The van der Waals surface area contributed by atoms with E-state index < -0.39 is 11.7 Å². The molecule has 3 rings (SSSR count). The number of ketones is 1. The molecule has 6 heteroatoms. The molecule has 0 N–H and O–H groups in total. The van der Waals surface area contributed by atoms with E-state index in [4.69, 9.17) is 11.6 Å². The van der Waals surface area contributed by atoms with Crippen LogP contribution in [0.5, 0.6) is 0 Å². The van der Waals surface area contributed by atoms with E-state index in [0.717, 1.165) is 12.1 Å². The first-order chi connectivity index (χ1) is 9.60. The zero-order valence-corrected chi connectivity index (χ0v) is 11.6. The van der Waals surface area contributed by atoms with Crippen molar-refractivity contribution in [2.75, 3.05) is 4.90 Å². The van der Waals surface area contributed by atoms with E-state index in [9.17, 15) is 9.59 Å². The first kappa shape index (κ1) is 12.9. The quantitative estimate of drug-likeness (QED) is 0.815. The molecule has 1 aliphatic rings. The minimum atomic E-state index is -0.522. The number of rotatable bonds is 3. The van der Waals surface area contributed by atoms with Gasteiger partial charge in [-0.15, -0.1) is 0 Å². The van der Waals surface area contributed by atoms with E-state index in [2.05, 4.69) is 5.10 Å². The summed E-state index contributed by atoms with van der Waals surface area (Å²) >= 11 is 5.87. The highest BCUT2D eigenvalue weighted by atomic mass is 35.5. The molecule has 0 fully saturated rings. The van der Waals surface area contributed by atoms with Crippen LogP contribution in [-0.4, -0.2) is 21.5 Å². The Bertz CT molecular complexity index is 708. The average molecular weight is 290 g/mol. The lowest BCUT2D eigenvalue weighted by atomic mass is 10.1. The normalized spacial score (nSPS) is 14.0. The first-order valence-corrected chi connectivity index (χ1v) is 6.65. The maximum absolute atomic E-state index is 12.1. The van der Waals surface area contributed by atoms with Crippen molar-refractivity contribution in [3.63, 3.8) is 0 Å². The molecule has 0 aliphatic carbocycles. The van der Waals surface area contributed by atoms with Gasteiger partial charge in [0.15, 0.2) is 0 Å². The third-order valence-electron chi connectivity index (χ3n) is 3.28. The van der Waals surface area contributed by atoms with Gasteiger partial charge in [-0.05, 0) is 25.1 Å². The molecule has 1 aromatic heterocycles. The van der Waals surface area contributed by atoms with Crippen LogP contribution in [0.4, 0.5) is 5.69 Å². The Hall–Kier alpha value is -2.14. The number of halogens is 1. The lowest BCUT2D eigenvalue weighted by Gasteiger charge is -2.15. The molecule has 1 aromatic carbocycles. The molecule has 0 unspecified atom stereocenters. The molecule has 0 spiro atoms. The number of Topliss-reactive ketones (excluding diaryl/α,β-unsaturated/α-hetero) is 1. The van der Waals surface area contributed by atoms with Crippen LogP contribution in [0.3, 0.4) is 0 Å². The van der Waals surface area contributed by atoms with Crippen LogP contribution < -0.4 is 4.90 Å². The summed E-state index contributed by atoms with van der Waals surface area (Å²) in [4.78, 5) is 25.5. The van der Waals surface area contributed by atoms with Crippen molar-refractivity contribution in [1.82, 2.24) is 9.78 Å². The third-order valence-corrected chi connectivity index (χ3v) is 3.52. The highest BCUT2D eigenvalue weighted by Crippen LogP contribution is 2.32. The highest BCUT2D eigenvalue weighted by Gasteiger charge is 2.35. The van der Waals surface area contributed by atoms with Crippen LogP contribution in [-0.2, 0) is 17.9 Å². The van der Waals surface area contributed by atoms with Gasteiger partial charge in [0.25, 0.3) is 11.7 Å². The second-order valence-electron chi connectivity index (χ2n) is 4.59. The van der Waals surface area contributed by atoms with E-state index in [1.807, 2.05) is 13.1 Å². The summed E-state index contributed by atoms with van der Waals surface area (Å²) in [5.41, 5.74) is 1.86. The fourth-order valence-electron chi connectivity index (χ4n) is 2.27. The van der Waals surface area contributed by atoms with E-state index >= 15 is 0 Å². The van der Waals surface area contributed by atoms with E-state index in [-0.39, 0.29) is 0 Å². The number of hydrogen-bond donors (Lipinski definition) is 0. The number of anilines is 1. The first-order valence-electron chi connectivity index (χ1n) is 6.27. The Labute approximate surface area is 120 Å². The van der Waals surface area contributed by atoms with Gasteiger partial charge in [0.05, 0.1) is 24.0 Å². The minimum Gasteiger partial charge on any atom is -0.300 e. The Morgan fingerprint density at radius 2 is 2.10 bits per heavy atom. The van der Waals surface area contributed by atoms with Gasteiger partial charge in [0.2, 0.25) is 0 Å². The van der Waals surface area contributed by atoms with Crippen molar-refractivity contribution >= 4 is 29.0 Å². The Morgan fingerprint density at radius 1 is 1.30 bits per heavy atom. The number of hydrogen-bond acceptors (Lipinski definition) is 3. The van der Waals surface area contributed by atoms with Gasteiger partial charge < -0.3 is 4.90 Å². The van der Waals surface area contributed by atoms with Crippen molar-refractivity contribution in [3.8, 4) is 0 Å². The van der Waals surface area contributed by atoms with E-state index in [1.165, 1.54) is 11.0 Å². The molecule has 0 saturated heterocycles. The zero-order chi connectivity index (χ0) is 14.3. The molecule has 2 heterocycles. The van der Waals surface area contributed by atoms with Gasteiger partial charge in [-0.1, -0.05) is 11.6 Å². The fraction of sp³-hybridized carbons (Fsp3) is 0.214. The Morgan fingerprint density at radius 3 is 2.80 bits per heavy atom. The summed E-state index contributed by atoms with van der Waals surface area (Å²) in [5.74, 6) is -1.03. The SMILES string of the molecule is CCn1cc(CN2C(=O)C(=O)c3cc(Cl)ccc32)cn1. The number of carbonyl (C=O) groups is 2. The molecule has 1 aliphatic heterocycles. The van der Waals surface area contributed by atoms with Crippen LogP contribution >= 0.6 is 11.6 Å². The van der Waals surface area contributed by atoms with Crippen LogP contribution in [0.15, 0.2) is 30.6 Å². The van der Waals surface area contributed by atoms with Crippen LogP contribution in [0.1, 0.15) is 22.8 Å². The molecule has 102 valence electrons. The summed E-state index contributed by atoms with van der Waals surface area (Å²) in [5, 5.41) is 4.61. The smallest absolute Gasteiger partial charge is 0.299 e. The molecular weight excluding hydrogens is 278 g/mol. The van der Waals surface area contributed by atoms with E-state index in [0.29, 0.717) is 22.8 Å². The number of fused-ring (bicyclic) bond motifs is 1. The number of amides is 1. The highest BCUT2D eigenvalue weighted by molar-refractivity contribution is 6.52. The lowest BCUT2D eigenvalue weighted by Crippen LogP contribution is -2.28. The lowest BCUT2D eigenvalue weighted by molar-refractivity contribution is -0.114. The number of aromatic nitrogens is 2. The van der Waals surface area contributed by atoms with Crippen molar-refractivity contribution < 1.29 is 9.59 Å². The predicted molar refractivity (Wildman–Crippen MR) is 74.9 cm³/mol. The molecule has 0 radical (unpaired) electrons. The molecule has 0 atom stereocenters. The summed E-state index contributed by atoms with van der Waals surface area (Å²) in [6, 6.07) is 4.91. The third kappa shape index (κ3) is 2.00. The van der Waals surface area contributed by atoms with Crippen LogP contribution in [0, 0.1) is 0 Å². The maximum Gasteiger partial charge on any atom is 0.299 e. The van der Waals surface area contributed by atoms with Gasteiger partial charge in [0, 0.05) is 23.3 Å². The summed E-state index contributed by atoms with van der Waals surface area (Å²) in [7, 11) is 0. The molecule has 0 saturated carbocycles. The molecule has 0 bridgehead atoms. The number of nitrogens with zero attached hydrogens (tertiary/aromatic N) is 3. The van der Waals surface area contributed by atoms with Crippen molar-refractivity contribution in [3.05, 3.63) is 46.7 Å². The van der Waals surface area contributed by atoms with Crippen LogP contribution in [0.25, 0.3) is 0 Å². The summed E-state index contributed by atoms with van der Waals surface area (Å²) in [6.45, 7) is 3.08. The predicted octanol–water partition coefficient (Wildman–Crippen LogP) is 2.29. The summed E-state index contributed by atoms with van der Waals surface area (Å²) < 4.78 is 1.78. The molecular formula is C14H12ClN3O2. The van der Waals surface area contributed by atoms with E-state index in [1.54, 1.807) is 23.0 Å². The minimum absolute atomic E-state index is 0.333. The topological polar surface area (TPSA) is 55.2 Å². The second kappa shape index (κ2) is 4.76. The van der Waals surface area contributed by atoms with Crippen LogP contribution in [0.2, 0.25) is 5.02 Å². The van der Waals surface area contributed by atoms with Gasteiger partial charge in [-0.25, -0.2) is 0 Å². The molecule has 5 nitrogen and oxygen atoms in total. The van der Waals surface area contributed by atoms with Crippen molar-refractivity contribution in [1.29, 1.82) is 0 Å². The number of benzene rings is 1. The molecule has 20 heavy (non-hydrogen) atoms.